The average molecular weight is 408 g/mol. The second-order valence-corrected chi connectivity index (χ2v) is 7.78. The molecule has 2 heterocycles. The molecule has 148 valence electrons. The van der Waals surface area contributed by atoms with E-state index in [2.05, 4.69) is 10.1 Å². The molecule has 0 radical (unpaired) electrons. The van der Waals surface area contributed by atoms with Crippen molar-refractivity contribution in [2.45, 2.75) is 25.3 Å². The summed E-state index contributed by atoms with van der Waals surface area (Å²) in [5.41, 5.74) is 7.39. The van der Waals surface area contributed by atoms with Crippen molar-refractivity contribution >= 4 is 44.8 Å². The van der Waals surface area contributed by atoms with Gasteiger partial charge in [0.15, 0.2) is 0 Å². The highest BCUT2D eigenvalue weighted by Crippen LogP contribution is 2.25. The van der Waals surface area contributed by atoms with Gasteiger partial charge in [0.05, 0.1) is 27.5 Å². The lowest BCUT2D eigenvalue weighted by Gasteiger charge is -2.20. The van der Waals surface area contributed by atoms with Crippen LogP contribution in [0, 0.1) is 0 Å². The first-order valence-corrected chi connectivity index (χ1v) is 10.2. The first-order chi connectivity index (χ1) is 14.1. The molecule has 8 heteroatoms. The fourth-order valence-corrected chi connectivity index (χ4v) is 4.18. The maximum atomic E-state index is 12.4. The normalized spacial score (nSPS) is 16.1. The highest BCUT2D eigenvalue weighted by atomic mass is 32.1. The number of nitrogens with two attached hydrogens (primary N) is 1. The molecule has 1 amide bonds. The van der Waals surface area contributed by atoms with E-state index >= 15 is 0 Å². The third-order valence-corrected chi connectivity index (χ3v) is 5.70. The van der Waals surface area contributed by atoms with Crippen molar-refractivity contribution < 1.29 is 14.3 Å². The number of carbonyl (C=O) groups is 2. The highest BCUT2D eigenvalue weighted by Gasteiger charge is 2.35. The maximum Gasteiger partial charge on any atom is 0.354 e. The summed E-state index contributed by atoms with van der Waals surface area (Å²) in [7, 11) is 0. The van der Waals surface area contributed by atoms with Crippen LogP contribution in [0.3, 0.4) is 0 Å². The molecule has 0 saturated carbocycles. The standard InChI is InChI=1S/C21H20N4O3S/c22-20(26)17-13-16(24-25(17)14-7-2-1-3-8-14)21(27)28-12-6-11-19-23-15-9-4-5-10-18(15)29-19/h1-5,7-10,17H,6,11-13H2,(H2,22,26). The molecule has 2 aromatic carbocycles. The molecule has 0 fully saturated rings. The van der Waals surface area contributed by atoms with Crippen molar-refractivity contribution in [3.05, 3.63) is 59.6 Å². The summed E-state index contributed by atoms with van der Waals surface area (Å²) >= 11 is 1.65. The SMILES string of the molecule is NC(=O)C1CC(C(=O)OCCCc2nc3ccccc3s2)=NN1c1ccccc1. The third kappa shape index (κ3) is 4.27. The van der Waals surface area contributed by atoms with Gasteiger partial charge in [-0.25, -0.2) is 9.78 Å². The molecule has 1 aliphatic heterocycles. The number of amides is 1. The number of carbonyl (C=O) groups excluding carboxylic acids is 2. The summed E-state index contributed by atoms with van der Waals surface area (Å²) in [6, 6.07) is 16.5. The molecular formula is C21H20N4O3S. The molecule has 3 aromatic rings. The van der Waals surface area contributed by atoms with Gasteiger partial charge in [-0.2, -0.15) is 5.10 Å². The Kier molecular flexibility index (Phi) is 5.53. The van der Waals surface area contributed by atoms with E-state index in [1.807, 2.05) is 54.6 Å². The summed E-state index contributed by atoms with van der Waals surface area (Å²) in [4.78, 5) is 28.8. The van der Waals surface area contributed by atoms with E-state index in [1.165, 1.54) is 5.01 Å². The molecule has 1 atom stereocenters. The lowest BCUT2D eigenvalue weighted by Crippen LogP contribution is -2.39. The van der Waals surface area contributed by atoms with Gasteiger partial charge in [-0.15, -0.1) is 11.3 Å². The summed E-state index contributed by atoms with van der Waals surface area (Å²) < 4.78 is 6.51. The second kappa shape index (κ2) is 8.40. The van der Waals surface area contributed by atoms with Crippen LogP contribution in [0.1, 0.15) is 17.8 Å². The van der Waals surface area contributed by atoms with Crippen molar-refractivity contribution in [3.8, 4) is 0 Å². The van der Waals surface area contributed by atoms with Crippen LogP contribution in [0.2, 0.25) is 0 Å². The summed E-state index contributed by atoms with van der Waals surface area (Å²) in [6.45, 7) is 0.264. The average Bonchev–Trinajstić information content (AvgIpc) is 3.36. The lowest BCUT2D eigenvalue weighted by atomic mass is 10.1. The maximum absolute atomic E-state index is 12.4. The number of thiazole rings is 1. The first-order valence-electron chi connectivity index (χ1n) is 9.34. The second-order valence-electron chi connectivity index (χ2n) is 6.66. The third-order valence-electron chi connectivity index (χ3n) is 4.60. The Morgan fingerprint density at radius 2 is 1.90 bits per heavy atom. The minimum atomic E-state index is -0.692. The predicted molar refractivity (Wildman–Crippen MR) is 113 cm³/mol. The molecule has 29 heavy (non-hydrogen) atoms. The number of anilines is 1. The molecule has 1 aromatic heterocycles. The molecule has 1 unspecified atom stereocenters. The van der Waals surface area contributed by atoms with E-state index in [9.17, 15) is 9.59 Å². The van der Waals surface area contributed by atoms with Crippen molar-refractivity contribution in [1.29, 1.82) is 0 Å². The van der Waals surface area contributed by atoms with Crippen LogP contribution in [0.5, 0.6) is 0 Å². The van der Waals surface area contributed by atoms with E-state index in [-0.39, 0.29) is 18.7 Å². The molecule has 4 rings (SSSR count). The fraction of sp³-hybridized carbons (Fsp3) is 0.238. The van der Waals surface area contributed by atoms with Crippen LogP contribution in [-0.4, -0.2) is 35.2 Å². The van der Waals surface area contributed by atoms with Crippen LogP contribution in [0.25, 0.3) is 10.2 Å². The highest BCUT2D eigenvalue weighted by molar-refractivity contribution is 7.18. The van der Waals surface area contributed by atoms with Crippen molar-refractivity contribution in [2.24, 2.45) is 10.8 Å². The Morgan fingerprint density at radius 1 is 1.14 bits per heavy atom. The Hall–Kier alpha value is -3.26. The number of hydrogen-bond acceptors (Lipinski definition) is 7. The van der Waals surface area contributed by atoms with Gasteiger partial charge in [0, 0.05) is 12.8 Å². The van der Waals surface area contributed by atoms with Crippen LogP contribution in [-0.2, 0) is 20.7 Å². The minimum Gasteiger partial charge on any atom is -0.461 e. The van der Waals surface area contributed by atoms with Gasteiger partial charge >= 0.3 is 5.97 Å². The van der Waals surface area contributed by atoms with E-state index in [0.29, 0.717) is 12.1 Å². The molecular weight excluding hydrogens is 388 g/mol. The number of hydrogen-bond donors (Lipinski definition) is 1. The Morgan fingerprint density at radius 3 is 2.66 bits per heavy atom. The van der Waals surface area contributed by atoms with Crippen molar-refractivity contribution in [1.82, 2.24) is 4.98 Å². The van der Waals surface area contributed by atoms with Gasteiger partial charge in [-0.1, -0.05) is 30.3 Å². The van der Waals surface area contributed by atoms with Gasteiger partial charge < -0.3 is 10.5 Å². The molecule has 0 bridgehead atoms. The Bertz CT molecular complexity index is 1030. The fourth-order valence-electron chi connectivity index (χ4n) is 3.17. The zero-order valence-electron chi connectivity index (χ0n) is 15.7. The van der Waals surface area contributed by atoms with E-state index < -0.39 is 17.9 Å². The van der Waals surface area contributed by atoms with Crippen LogP contribution in [0.15, 0.2) is 59.7 Å². The number of esters is 1. The number of primary amides is 1. The zero-order chi connectivity index (χ0) is 20.2. The largest absolute Gasteiger partial charge is 0.461 e. The van der Waals surface area contributed by atoms with Crippen LogP contribution >= 0.6 is 11.3 Å². The Balaban J connectivity index is 1.33. The number of aromatic nitrogens is 1. The Labute approximate surface area is 171 Å². The van der Waals surface area contributed by atoms with E-state index in [0.717, 1.165) is 21.6 Å². The van der Waals surface area contributed by atoms with Gasteiger partial charge in [0.25, 0.3) is 0 Å². The zero-order valence-corrected chi connectivity index (χ0v) is 16.5. The molecule has 0 spiro atoms. The number of fused-ring (bicyclic) bond motifs is 1. The number of rotatable bonds is 7. The predicted octanol–water partition coefficient (Wildman–Crippen LogP) is 2.89. The lowest BCUT2D eigenvalue weighted by molar-refractivity contribution is -0.135. The summed E-state index contributed by atoms with van der Waals surface area (Å²) in [5.74, 6) is -1.05. The quantitative estimate of drug-likeness (QED) is 0.479. The molecule has 0 saturated heterocycles. The number of ether oxygens (including phenoxy) is 1. The van der Waals surface area contributed by atoms with Gasteiger partial charge in [0.2, 0.25) is 5.91 Å². The number of nitrogens with zero attached hydrogens (tertiary/aromatic N) is 3. The first kappa shape index (κ1) is 19.1. The van der Waals surface area contributed by atoms with Gasteiger partial charge in [0.1, 0.15) is 11.8 Å². The van der Waals surface area contributed by atoms with Crippen molar-refractivity contribution in [2.75, 3.05) is 11.6 Å². The summed E-state index contributed by atoms with van der Waals surface area (Å²) in [5, 5.41) is 6.80. The molecule has 0 aliphatic carbocycles. The van der Waals surface area contributed by atoms with E-state index in [1.54, 1.807) is 11.3 Å². The number of para-hydroxylation sites is 2. The summed E-state index contributed by atoms with van der Waals surface area (Å²) in [6.07, 6.45) is 1.54. The van der Waals surface area contributed by atoms with Crippen LogP contribution in [0.4, 0.5) is 5.69 Å². The van der Waals surface area contributed by atoms with Crippen LogP contribution < -0.4 is 10.7 Å². The van der Waals surface area contributed by atoms with Crippen molar-refractivity contribution in [3.63, 3.8) is 0 Å². The topological polar surface area (TPSA) is 97.9 Å². The minimum absolute atomic E-state index is 0.140. The number of aryl methyl sites for hydroxylation is 1. The number of benzene rings is 2. The molecule has 2 N–H and O–H groups in total. The molecule has 1 aliphatic rings. The smallest absolute Gasteiger partial charge is 0.354 e. The van der Waals surface area contributed by atoms with E-state index in [4.69, 9.17) is 10.5 Å². The molecule has 7 nitrogen and oxygen atoms in total. The monoisotopic (exact) mass is 408 g/mol. The van der Waals surface area contributed by atoms with Gasteiger partial charge in [-0.05, 0) is 30.7 Å². The number of hydrazone groups is 1. The van der Waals surface area contributed by atoms with Gasteiger partial charge in [-0.3, -0.25) is 9.80 Å².